The van der Waals surface area contributed by atoms with Crippen molar-refractivity contribution in [2.24, 2.45) is 0 Å². The van der Waals surface area contributed by atoms with E-state index in [0.29, 0.717) is 0 Å². The normalized spacial score (nSPS) is 45.7. The van der Waals surface area contributed by atoms with Gasteiger partial charge in [0.1, 0.15) is 6.23 Å². The average Bonchev–Trinajstić information content (AvgIpc) is 2.64. The van der Waals surface area contributed by atoms with E-state index in [1.807, 2.05) is 0 Å². The molecule has 0 spiro atoms. The Balaban J connectivity index is 1.88. The van der Waals surface area contributed by atoms with Crippen LogP contribution in [0.25, 0.3) is 0 Å². The molecule has 2 aliphatic heterocycles. The van der Waals surface area contributed by atoms with Crippen LogP contribution >= 0.6 is 0 Å². The molecule has 0 aliphatic carbocycles. The van der Waals surface area contributed by atoms with E-state index in [1.165, 1.54) is 0 Å². The van der Waals surface area contributed by atoms with Crippen LogP contribution in [-0.4, -0.2) is 42.7 Å². The van der Waals surface area contributed by atoms with Crippen LogP contribution in [0, 0.1) is 0 Å². The molecule has 2 rings (SSSR count). The number of rotatable bonds is 2. The van der Waals surface area contributed by atoms with E-state index in [2.05, 4.69) is 17.6 Å². The van der Waals surface area contributed by atoms with Gasteiger partial charge in [-0.3, -0.25) is 5.32 Å². The first kappa shape index (κ1) is 9.40. The van der Waals surface area contributed by atoms with E-state index in [0.717, 1.165) is 32.5 Å². The minimum Gasteiger partial charge on any atom is -0.389 e. The quantitative estimate of drug-likeness (QED) is 0.541. The van der Waals surface area contributed by atoms with Gasteiger partial charge in [-0.05, 0) is 26.3 Å². The highest BCUT2D eigenvalue weighted by molar-refractivity contribution is 4.88. The summed E-state index contributed by atoms with van der Waals surface area (Å²) in [7, 11) is 0. The van der Waals surface area contributed by atoms with Crippen LogP contribution in [0.1, 0.15) is 19.8 Å². The fraction of sp³-hybridized carbons (Fsp3) is 1.00. The van der Waals surface area contributed by atoms with E-state index in [1.54, 1.807) is 0 Å². The highest BCUT2D eigenvalue weighted by atomic mass is 16.5. The Morgan fingerprint density at radius 3 is 2.85 bits per heavy atom. The summed E-state index contributed by atoms with van der Waals surface area (Å²) in [5.41, 5.74) is -0.0943. The van der Waals surface area contributed by atoms with Crippen LogP contribution in [0.3, 0.4) is 0 Å². The lowest BCUT2D eigenvalue weighted by Crippen LogP contribution is -2.43. The van der Waals surface area contributed by atoms with Gasteiger partial charge in [-0.1, -0.05) is 0 Å². The van der Waals surface area contributed by atoms with Crippen molar-refractivity contribution < 1.29 is 9.84 Å². The van der Waals surface area contributed by atoms with Gasteiger partial charge in [0.25, 0.3) is 0 Å². The molecule has 3 atom stereocenters. The van der Waals surface area contributed by atoms with Gasteiger partial charge in [-0.2, -0.15) is 0 Å². The van der Waals surface area contributed by atoms with E-state index in [9.17, 15) is 5.11 Å². The van der Waals surface area contributed by atoms with E-state index in [-0.39, 0.29) is 17.9 Å². The first-order valence-corrected chi connectivity index (χ1v) is 5.00. The second-order valence-electron chi connectivity index (χ2n) is 4.23. The van der Waals surface area contributed by atoms with Gasteiger partial charge in [0, 0.05) is 13.1 Å². The number of aliphatic hydroxyl groups excluding tert-OH is 1. The summed E-state index contributed by atoms with van der Waals surface area (Å²) in [6.07, 6.45) is 1.33. The molecule has 76 valence electrons. The van der Waals surface area contributed by atoms with Gasteiger partial charge in [-0.25, -0.2) is 0 Å². The molecule has 4 heteroatoms. The van der Waals surface area contributed by atoms with Crippen molar-refractivity contribution in [3.05, 3.63) is 0 Å². The molecule has 0 aromatic heterocycles. The summed E-state index contributed by atoms with van der Waals surface area (Å²) in [6, 6.07) is 0. The Hall–Kier alpha value is -0.160. The smallest absolute Gasteiger partial charge is 0.135 e. The number of aliphatic hydroxyl groups is 1. The van der Waals surface area contributed by atoms with Crippen LogP contribution in [0.15, 0.2) is 0 Å². The predicted molar refractivity (Wildman–Crippen MR) is 49.4 cm³/mol. The highest BCUT2D eigenvalue weighted by Gasteiger charge is 2.36. The lowest BCUT2D eigenvalue weighted by atomic mass is 10.1. The van der Waals surface area contributed by atoms with Gasteiger partial charge >= 0.3 is 0 Å². The number of ether oxygens (including phenoxy) is 1. The second kappa shape index (κ2) is 3.53. The standard InChI is InChI=1S/C9H18N2O2/c1-9(3-5-10-6-9)13-8-7(12)2-4-11-8/h7-8,10-12H,2-6H2,1H3/t7-,8?,9-/m1/s1. The molecule has 2 fully saturated rings. The summed E-state index contributed by atoms with van der Waals surface area (Å²) in [6.45, 7) is 4.85. The molecule has 0 aromatic carbocycles. The molecule has 2 saturated heterocycles. The SMILES string of the molecule is C[C@@]1(OC2NCC[C@H]2O)CCNC1. The fourth-order valence-electron chi connectivity index (χ4n) is 1.98. The molecule has 0 radical (unpaired) electrons. The molecule has 2 heterocycles. The van der Waals surface area contributed by atoms with Crippen LogP contribution in [0.4, 0.5) is 0 Å². The van der Waals surface area contributed by atoms with Crippen LogP contribution in [0.5, 0.6) is 0 Å². The molecule has 13 heavy (non-hydrogen) atoms. The first-order chi connectivity index (χ1) is 6.20. The van der Waals surface area contributed by atoms with E-state index < -0.39 is 0 Å². The van der Waals surface area contributed by atoms with Crippen molar-refractivity contribution in [1.82, 2.24) is 10.6 Å². The fourth-order valence-corrected chi connectivity index (χ4v) is 1.98. The molecule has 0 saturated carbocycles. The Labute approximate surface area is 78.7 Å². The topological polar surface area (TPSA) is 53.5 Å². The largest absolute Gasteiger partial charge is 0.389 e. The van der Waals surface area contributed by atoms with Crippen molar-refractivity contribution in [2.75, 3.05) is 19.6 Å². The lowest BCUT2D eigenvalue weighted by molar-refractivity contribution is -0.114. The zero-order valence-electron chi connectivity index (χ0n) is 8.05. The summed E-state index contributed by atoms with van der Waals surface area (Å²) in [5.74, 6) is 0. The van der Waals surface area contributed by atoms with Gasteiger partial charge < -0.3 is 15.2 Å². The monoisotopic (exact) mass is 186 g/mol. The third kappa shape index (κ3) is 2.02. The minimum absolute atomic E-state index is 0.0943. The highest BCUT2D eigenvalue weighted by Crippen LogP contribution is 2.23. The van der Waals surface area contributed by atoms with Crippen molar-refractivity contribution in [3.8, 4) is 0 Å². The van der Waals surface area contributed by atoms with Gasteiger partial charge in [0.05, 0.1) is 11.7 Å². The second-order valence-corrected chi connectivity index (χ2v) is 4.23. The van der Waals surface area contributed by atoms with Crippen molar-refractivity contribution in [2.45, 2.75) is 37.7 Å². The molecule has 4 nitrogen and oxygen atoms in total. The summed E-state index contributed by atoms with van der Waals surface area (Å²) in [5, 5.41) is 16.0. The average molecular weight is 186 g/mol. The van der Waals surface area contributed by atoms with Crippen LogP contribution in [0.2, 0.25) is 0 Å². The van der Waals surface area contributed by atoms with Crippen molar-refractivity contribution >= 4 is 0 Å². The van der Waals surface area contributed by atoms with Crippen LogP contribution < -0.4 is 10.6 Å². The third-order valence-corrected chi connectivity index (χ3v) is 2.88. The van der Waals surface area contributed by atoms with Gasteiger partial charge in [-0.15, -0.1) is 0 Å². The van der Waals surface area contributed by atoms with E-state index in [4.69, 9.17) is 4.74 Å². The predicted octanol–water partition coefficient (Wildman–Crippen LogP) is -0.565. The number of nitrogens with one attached hydrogen (secondary N) is 2. The Morgan fingerprint density at radius 1 is 1.46 bits per heavy atom. The number of hydrogen-bond acceptors (Lipinski definition) is 4. The number of hydrogen-bond donors (Lipinski definition) is 3. The molecular formula is C9H18N2O2. The maximum atomic E-state index is 9.56. The van der Waals surface area contributed by atoms with Gasteiger partial charge in [0.2, 0.25) is 0 Å². The summed E-state index contributed by atoms with van der Waals surface area (Å²) < 4.78 is 5.85. The van der Waals surface area contributed by atoms with Crippen molar-refractivity contribution in [1.29, 1.82) is 0 Å². The molecule has 3 N–H and O–H groups in total. The van der Waals surface area contributed by atoms with Crippen molar-refractivity contribution in [3.63, 3.8) is 0 Å². The molecule has 2 aliphatic rings. The Morgan fingerprint density at radius 2 is 2.31 bits per heavy atom. The molecule has 1 unspecified atom stereocenters. The van der Waals surface area contributed by atoms with E-state index >= 15 is 0 Å². The molecule has 0 aromatic rings. The Kier molecular flexibility index (Phi) is 2.55. The zero-order chi connectivity index (χ0) is 9.31. The van der Waals surface area contributed by atoms with Crippen LogP contribution in [-0.2, 0) is 4.74 Å². The minimum atomic E-state index is -0.336. The Bertz CT molecular complexity index is 180. The lowest BCUT2D eigenvalue weighted by Gasteiger charge is -2.29. The summed E-state index contributed by atoms with van der Waals surface area (Å²) >= 11 is 0. The van der Waals surface area contributed by atoms with Gasteiger partial charge in [0.15, 0.2) is 0 Å². The molecule has 0 amide bonds. The molecule has 0 bridgehead atoms. The maximum absolute atomic E-state index is 9.56. The summed E-state index contributed by atoms with van der Waals surface area (Å²) in [4.78, 5) is 0. The maximum Gasteiger partial charge on any atom is 0.135 e. The first-order valence-electron chi connectivity index (χ1n) is 5.00. The zero-order valence-corrected chi connectivity index (χ0v) is 8.05. The third-order valence-electron chi connectivity index (χ3n) is 2.88. The molecular weight excluding hydrogens is 168 g/mol.